The first-order valence-electron chi connectivity index (χ1n) is 28.2. The van der Waals surface area contributed by atoms with Gasteiger partial charge >= 0.3 is 13.7 Å². The highest BCUT2D eigenvalue weighted by molar-refractivity contribution is 8.00. The maximum Gasteiger partial charge on any atom is 0.367 e. The number of urea groups is 1. The molecule has 432 valence electrons. The Morgan fingerprint density at radius 3 is 2.14 bits per heavy atom. The van der Waals surface area contributed by atoms with Crippen molar-refractivity contribution in [2.24, 2.45) is 0 Å². The Morgan fingerprint density at radius 2 is 1.46 bits per heavy atom. The average molecular weight is 1130 g/mol. The molecule has 5 atom stereocenters. The highest BCUT2D eigenvalue weighted by Crippen LogP contribution is 2.49. The number of benzene rings is 3. The molecular weight excluding hydrogens is 1050 g/mol. The molecule has 2 saturated heterocycles. The van der Waals surface area contributed by atoms with Gasteiger partial charge in [-0.15, -0.1) is 0 Å². The van der Waals surface area contributed by atoms with Gasteiger partial charge in [-0.3, -0.25) is 23.7 Å². The summed E-state index contributed by atoms with van der Waals surface area (Å²) in [6, 6.07) is 15.1. The van der Waals surface area contributed by atoms with Gasteiger partial charge in [-0.05, 0) is 107 Å². The number of unbranched alkanes of at least 4 members (excludes halogenated alkanes) is 10. The number of carbonyl (C=O) groups excluding carboxylic acids is 6. The number of hydrogen-bond acceptors (Lipinski definition) is 12. The second-order valence-electron chi connectivity index (χ2n) is 21.1. The third-order valence-electron chi connectivity index (χ3n) is 14.6. The van der Waals surface area contributed by atoms with Crippen LogP contribution in [-0.2, 0) is 23.5 Å². The number of thioether (sulfide) groups is 1. The fraction of sp³-hybridized carbons (Fsp3) is 0.569. The number of nitrogens with one attached hydrogen (secondary N) is 6. The molecule has 4 aliphatic rings. The lowest BCUT2D eigenvalue weighted by atomic mass is 9.89. The van der Waals surface area contributed by atoms with Gasteiger partial charge in [-0.1, -0.05) is 44.6 Å². The number of rotatable bonds is 34. The van der Waals surface area contributed by atoms with E-state index in [1.807, 2.05) is 85.8 Å². The van der Waals surface area contributed by atoms with Crippen molar-refractivity contribution in [3.05, 3.63) is 71.1 Å². The van der Waals surface area contributed by atoms with Crippen LogP contribution in [-0.4, -0.2) is 125 Å². The van der Waals surface area contributed by atoms with Gasteiger partial charge in [-0.25, -0.2) is 9.37 Å². The predicted molar refractivity (Wildman–Crippen MR) is 308 cm³/mol. The quantitative estimate of drug-likeness (QED) is 0.00876. The van der Waals surface area contributed by atoms with E-state index in [1.54, 1.807) is 19.1 Å². The molecule has 2 aromatic rings. The molecule has 6 rings (SSSR count). The van der Waals surface area contributed by atoms with Crippen LogP contribution in [0.1, 0.15) is 143 Å². The number of fused-ring (bicyclic) bond motifs is 3. The SMILES string of the molecule is CCOP(=O)(F)CCCCCCCCCC(=O)NCCCC[C@H](NC(=O)c1ccc(-c2c3ccc(=[N+](C)C)cc-3oc3cc(N(C)C)ccc23)c(C(=O)[O-])c1)C(=O)NCCCCCNC(=O)CCCC[C@@H]1SC[C@@H]2NC(=O)N[C@@H]21. The minimum absolute atomic E-state index is 0.00116. The average Bonchev–Trinajstić information content (AvgIpc) is 4.07. The molecule has 2 fully saturated rings. The van der Waals surface area contributed by atoms with E-state index < -0.39 is 31.5 Å². The molecule has 21 heteroatoms. The maximum atomic E-state index is 14.1. The molecule has 0 saturated carbocycles. The van der Waals surface area contributed by atoms with Crippen molar-refractivity contribution in [1.29, 1.82) is 0 Å². The number of hydrogen-bond donors (Lipinski definition) is 6. The normalized spacial score (nSPS) is 16.8. The third-order valence-corrected chi connectivity index (χ3v) is 17.6. The zero-order valence-electron chi connectivity index (χ0n) is 46.7. The summed E-state index contributed by atoms with van der Waals surface area (Å²) in [6.45, 7) is 2.95. The van der Waals surface area contributed by atoms with E-state index in [0.717, 1.165) is 87.4 Å². The lowest BCUT2D eigenvalue weighted by Crippen LogP contribution is -2.47. The molecule has 0 radical (unpaired) electrons. The Bertz CT molecular complexity index is 2830. The van der Waals surface area contributed by atoms with Crippen LogP contribution in [0.2, 0.25) is 0 Å². The summed E-state index contributed by atoms with van der Waals surface area (Å²) in [5.74, 6) is -1.14. The van der Waals surface area contributed by atoms with E-state index in [1.165, 1.54) is 6.07 Å². The van der Waals surface area contributed by atoms with Crippen molar-refractivity contribution in [3.63, 3.8) is 0 Å². The van der Waals surface area contributed by atoms with Crippen LogP contribution in [0.3, 0.4) is 0 Å². The first kappa shape index (κ1) is 62.2. The van der Waals surface area contributed by atoms with Crippen LogP contribution in [0.5, 0.6) is 0 Å². The van der Waals surface area contributed by atoms with Gasteiger partial charge in [0.15, 0.2) is 0 Å². The standard InChI is InChI=1S/C58H82FN8O10PS/c1-6-76-78(59,75)34-20-11-9-7-8-10-13-23-51(68)61-32-19-16-21-46(56(71)62-33-18-12-17-31-60-52(69)24-15-14-22-50-54-47(38-79-50)64-58(74)65-54)63-55(70)39-25-28-42(45(35-39)57(72)73)53-43-29-26-40(66(2)3)36-48(43)77-49-37-41(67(4)5)27-30-44(49)53/h25-30,35-37,46-47,50,54H,6-24,31-34,38H2,1-5H3,(H6-,60,61,62,63,64,65,68,69,70,71,72,73,74)/t46-,47-,50-,54-,78?/m0/s1. The zero-order valence-corrected chi connectivity index (χ0v) is 48.4. The number of aromatic carboxylic acids is 1. The lowest BCUT2D eigenvalue weighted by Gasteiger charge is -2.21. The smallest absolute Gasteiger partial charge is 0.367 e. The summed E-state index contributed by atoms with van der Waals surface area (Å²) in [5, 5.41) is 32.7. The Labute approximate surface area is 468 Å². The number of nitrogens with zero attached hydrogens (tertiary/aromatic N) is 2. The second kappa shape index (κ2) is 31.1. The van der Waals surface area contributed by atoms with Crippen molar-refractivity contribution < 1.29 is 51.6 Å². The van der Waals surface area contributed by atoms with E-state index in [0.29, 0.717) is 96.8 Å². The topological polar surface area (TPSA) is 243 Å². The molecule has 79 heavy (non-hydrogen) atoms. The zero-order chi connectivity index (χ0) is 56.9. The molecule has 6 N–H and O–H groups in total. The van der Waals surface area contributed by atoms with Gasteiger partial charge in [0.25, 0.3) is 5.91 Å². The summed E-state index contributed by atoms with van der Waals surface area (Å²) in [7, 11) is 3.69. The second-order valence-corrected chi connectivity index (χ2v) is 24.2. The van der Waals surface area contributed by atoms with Crippen LogP contribution < -0.4 is 51.8 Å². The molecule has 3 aliphatic heterocycles. The fourth-order valence-corrected chi connectivity index (χ4v) is 12.8. The molecule has 2 aromatic carbocycles. The molecular formula is C58H82FN8O10PS. The summed E-state index contributed by atoms with van der Waals surface area (Å²) < 4.78 is 38.4. The molecule has 6 amide bonds. The van der Waals surface area contributed by atoms with Crippen molar-refractivity contribution in [3.8, 4) is 22.5 Å². The van der Waals surface area contributed by atoms with Crippen molar-refractivity contribution in [2.75, 3.05) is 71.2 Å². The van der Waals surface area contributed by atoms with E-state index in [9.17, 15) is 42.6 Å². The third kappa shape index (κ3) is 19.1. The van der Waals surface area contributed by atoms with Gasteiger partial charge in [0.2, 0.25) is 23.1 Å². The van der Waals surface area contributed by atoms with Gasteiger partial charge in [0.1, 0.15) is 31.5 Å². The molecule has 3 heterocycles. The highest BCUT2D eigenvalue weighted by atomic mass is 32.2. The summed E-state index contributed by atoms with van der Waals surface area (Å²) in [4.78, 5) is 79.7. The Morgan fingerprint density at radius 1 is 0.810 bits per heavy atom. The molecule has 1 unspecified atom stereocenters. The van der Waals surface area contributed by atoms with Crippen molar-refractivity contribution in [1.82, 2.24) is 36.5 Å². The van der Waals surface area contributed by atoms with E-state index in [2.05, 4.69) is 31.9 Å². The van der Waals surface area contributed by atoms with E-state index in [4.69, 9.17) is 8.94 Å². The first-order valence-corrected chi connectivity index (χ1v) is 31.0. The largest absolute Gasteiger partial charge is 0.545 e. The Kier molecular flexibility index (Phi) is 24.5. The lowest BCUT2D eigenvalue weighted by molar-refractivity contribution is -0.255. The molecule has 0 spiro atoms. The van der Waals surface area contributed by atoms with E-state index >= 15 is 0 Å². The van der Waals surface area contributed by atoms with Crippen LogP contribution in [0.15, 0.2) is 59.0 Å². The van der Waals surface area contributed by atoms with Crippen LogP contribution in [0.25, 0.3) is 33.4 Å². The number of anilines is 1. The van der Waals surface area contributed by atoms with Gasteiger partial charge < -0.3 is 55.6 Å². The molecule has 0 bridgehead atoms. The Balaban J connectivity index is 1.02. The molecule has 1 aliphatic carbocycles. The maximum absolute atomic E-state index is 14.1. The van der Waals surface area contributed by atoms with E-state index in [-0.39, 0.29) is 60.2 Å². The predicted octanol–water partition coefficient (Wildman–Crippen LogP) is 7.50. The summed E-state index contributed by atoms with van der Waals surface area (Å²) in [6.07, 6.45) is 12.5. The number of carboxylic acid groups (broad SMARTS) is 1. The minimum Gasteiger partial charge on any atom is -0.545 e. The monoisotopic (exact) mass is 1130 g/mol. The number of carbonyl (C=O) groups is 6. The Hall–Kier alpha value is -5.98. The number of halogens is 1. The molecule has 18 nitrogen and oxygen atoms in total. The molecule has 0 aromatic heterocycles. The summed E-state index contributed by atoms with van der Waals surface area (Å²) >= 11 is 1.87. The van der Waals surface area contributed by atoms with Gasteiger partial charge in [-0.2, -0.15) is 16.0 Å². The van der Waals surface area contributed by atoms with Gasteiger partial charge in [0.05, 0.1) is 36.9 Å². The highest BCUT2D eigenvalue weighted by Gasteiger charge is 2.42. The van der Waals surface area contributed by atoms with Crippen LogP contribution in [0.4, 0.5) is 14.7 Å². The first-order chi connectivity index (χ1) is 37.9. The van der Waals surface area contributed by atoms with Gasteiger partial charge in [0, 0.05) is 103 Å². The van der Waals surface area contributed by atoms with Crippen molar-refractivity contribution in [2.45, 2.75) is 146 Å². The summed E-state index contributed by atoms with van der Waals surface area (Å²) in [5.41, 5.74) is 2.85. The van der Waals surface area contributed by atoms with Crippen LogP contribution >= 0.6 is 19.4 Å². The minimum atomic E-state index is -3.98. The number of carboxylic acids is 1. The number of amides is 6. The fourth-order valence-electron chi connectivity index (χ4n) is 10.2. The van der Waals surface area contributed by atoms with Crippen molar-refractivity contribution >= 4 is 71.7 Å². The van der Waals surface area contributed by atoms with Crippen LogP contribution in [0, 0.1) is 0 Å².